The maximum Gasteiger partial charge on any atom is 0.238 e. The average molecular weight is 384 g/mol. The summed E-state index contributed by atoms with van der Waals surface area (Å²) in [5.74, 6) is 1.18. The summed E-state index contributed by atoms with van der Waals surface area (Å²) in [5.41, 5.74) is 2.12. The number of carbonyl (C=O) groups is 1. The molecule has 26 heavy (non-hydrogen) atoms. The van der Waals surface area contributed by atoms with Crippen LogP contribution in [0.15, 0.2) is 64.6 Å². The first-order chi connectivity index (χ1) is 12.7. The second kappa shape index (κ2) is 7.51. The van der Waals surface area contributed by atoms with Crippen molar-refractivity contribution >= 4 is 35.1 Å². The molecule has 1 aliphatic rings. The van der Waals surface area contributed by atoms with Gasteiger partial charge in [-0.15, -0.1) is 16.9 Å². The van der Waals surface area contributed by atoms with Gasteiger partial charge in [0.25, 0.3) is 0 Å². The van der Waals surface area contributed by atoms with Crippen LogP contribution in [0.25, 0.3) is 0 Å². The minimum Gasteiger partial charge on any atom is -0.302 e. The molecule has 1 amide bonds. The quantitative estimate of drug-likeness (QED) is 0.645. The molecule has 0 bridgehead atoms. The van der Waals surface area contributed by atoms with Crippen LogP contribution in [0.4, 0.5) is 5.69 Å². The molecular formula is C18H17N5OS2. The summed E-state index contributed by atoms with van der Waals surface area (Å²) in [7, 11) is 1.77. The molecule has 0 aliphatic carbocycles. The number of carbonyl (C=O) groups excluding carboxylic acids is 1. The predicted octanol–water partition coefficient (Wildman–Crippen LogP) is 3.18. The van der Waals surface area contributed by atoms with E-state index in [1.54, 1.807) is 23.5 Å². The second-order valence-corrected chi connectivity index (χ2v) is 7.85. The van der Waals surface area contributed by atoms with Crippen LogP contribution in [0.5, 0.6) is 0 Å². The highest BCUT2D eigenvalue weighted by atomic mass is 32.2. The van der Waals surface area contributed by atoms with Crippen molar-refractivity contribution in [1.29, 1.82) is 0 Å². The minimum atomic E-state index is 0.0156. The molecule has 6 nitrogen and oxygen atoms in total. The van der Waals surface area contributed by atoms with Gasteiger partial charge < -0.3 is 4.90 Å². The monoisotopic (exact) mass is 383 g/mol. The first-order valence-electron chi connectivity index (χ1n) is 8.18. The second-order valence-electron chi connectivity index (χ2n) is 5.84. The van der Waals surface area contributed by atoms with Gasteiger partial charge >= 0.3 is 0 Å². The van der Waals surface area contributed by atoms with E-state index < -0.39 is 0 Å². The largest absolute Gasteiger partial charge is 0.302 e. The zero-order chi connectivity index (χ0) is 17.9. The molecule has 1 aromatic heterocycles. The Balaban J connectivity index is 1.64. The van der Waals surface area contributed by atoms with E-state index in [0.717, 1.165) is 21.9 Å². The molecule has 0 radical (unpaired) electrons. The molecule has 0 saturated heterocycles. The number of anilines is 1. The third-order valence-electron chi connectivity index (χ3n) is 4.19. The molecule has 2 aromatic carbocycles. The van der Waals surface area contributed by atoms with Crippen LogP contribution in [0, 0.1) is 0 Å². The van der Waals surface area contributed by atoms with Gasteiger partial charge in [-0.05, 0) is 28.1 Å². The van der Waals surface area contributed by atoms with E-state index in [-0.39, 0.29) is 17.7 Å². The summed E-state index contributed by atoms with van der Waals surface area (Å²) in [5, 5.41) is 12.0. The van der Waals surface area contributed by atoms with E-state index in [1.165, 1.54) is 11.8 Å². The molecule has 132 valence electrons. The number of rotatable bonds is 4. The molecule has 0 saturated carbocycles. The number of aryl methyl sites for hydroxylation is 1. The van der Waals surface area contributed by atoms with Gasteiger partial charge in [-0.3, -0.25) is 4.79 Å². The number of benzene rings is 2. The first kappa shape index (κ1) is 17.1. The standard InChI is InChI=1S/C18H17N5OS2/c1-22-18(19-20-21-22)26-12-17(24)23-14-9-5-6-10-16(14)25-11-15(23)13-7-3-2-4-8-13/h2-10,15H,11-12H2,1H3. The summed E-state index contributed by atoms with van der Waals surface area (Å²) in [6.45, 7) is 0. The van der Waals surface area contributed by atoms with Crippen LogP contribution in [0.2, 0.25) is 0 Å². The Morgan fingerprint density at radius 3 is 2.73 bits per heavy atom. The molecule has 0 N–H and O–H groups in total. The van der Waals surface area contributed by atoms with Crippen LogP contribution in [-0.4, -0.2) is 37.6 Å². The Labute approximate surface area is 160 Å². The third kappa shape index (κ3) is 3.34. The summed E-state index contributed by atoms with van der Waals surface area (Å²) in [6, 6.07) is 18.3. The van der Waals surface area contributed by atoms with Crippen molar-refractivity contribution in [3.05, 3.63) is 60.2 Å². The van der Waals surface area contributed by atoms with Crippen LogP contribution in [0.1, 0.15) is 11.6 Å². The van der Waals surface area contributed by atoms with Crippen LogP contribution in [-0.2, 0) is 11.8 Å². The molecule has 1 aliphatic heterocycles. The topological polar surface area (TPSA) is 63.9 Å². The van der Waals surface area contributed by atoms with Gasteiger partial charge in [0.15, 0.2) is 0 Å². The fraction of sp³-hybridized carbons (Fsp3) is 0.222. The Bertz CT molecular complexity index is 915. The lowest BCUT2D eigenvalue weighted by molar-refractivity contribution is -0.116. The van der Waals surface area contributed by atoms with Crippen molar-refractivity contribution < 1.29 is 4.79 Å². The summed E-state index contributed by atoms with van der Waals surface area (Å²) >= 11 is 3.15. The van der Waals surface area contributed by atoms with Gasteiger partial charge in [0.1, 0.15) is 0 Å². The van der Waals surface area contributed by atoms with E-state index in [9.17, 15) is 4.79 Å². The van der Waals surface area contributed by atoms with E-state index in [0.29, 0.717) is 5.16 Å². The third-order valence-corrected chi connectivity index (χ3v) is 6.33. The SMILES string of the molecule is Cn1nnnc1SCC(=O)N1c2ccccc2SCC1c1ccccc1. The number of para-hydroxylation sites is 1. The molecule has 4 rings (SSSR count). The van der Waals surface area contributed by atoms with Crippen molar-refractivity contribution in [2.75, 3.05) is 16.4 Å². The van der Waals surface area contributed by atoms with Crippen molar-refractivity contribution in [1.82, 2.24) is 20.2 Å². The number of tetrazole rings is 1. The number of hydrogen-bond acceptors (Lipinski definition) is 6. The summed E-state index contributed by atoms with van der Waals surface area (Å²) in [6.07, 6.45) is 0. The van der Waals surface area contributed by atoms with Crippen molar-refractivity contribution in [2.24, 2.45) is 7.05 Å². The zero-order valence-electron chi connectivity index (χ0n) is 14.1. The normalized spacial score (nSPS) is 16.3. The lowest BCUT2D eigenvalue weighted by Gasteiger charge is -2.37. The van der Waals surface area contributed by atoms with E-state index in [1.807, 2.05) is 41.3 Å². The molecule has 1 atom stereocenters. The molecule has 8 heteroatoms. The lowest BCUT2D eigenvalue weighted by atomic mass is 10.1. The number of aromatic nitrogens is 4. The summed E-state index contributed by atoms with van der Waals surface area (Å²) < 4.78 is 1.58. The Morgan fingerprint density at radius 1 is 1.19 bits per heavy atom. The smallest absolute Gasteiger partial charge is 0.238 e. The zero-order valence-corrected chi connectivity index (χ0v) is 15.8. The highest BCUT2D eigenvalue weighted by molar-refractivity contribution is 8.00. The van der Waals surface area contributed by atoms with Crippen LogP contribution >= 0.6 is 23.5 Å². The minimum absolute atomic E-state index is 0.0156. The Hall–Kier alpha value is -2.32. The van der Waals surface area contributed by atoms with Gasteiger partial charge in [0.2, 0.25) is 11.1 Å². The number of nitrogens with zero attached hydrogens (tertiary/aromatic N) is 5. The first-order valence-corrected chi connectivity index (χ1v) is 10.1. The average Bonchev–Trinajstić information content (AvgIpc) is 3.10. The molecular weight excluding hydrogens is 366 g/mol. The van der Waals surface area contributed by atoms with Crippen LogP contribution < -0.4 is 4.90 Å². The Morgan fingerprint density at radius 2 is 1.96 bits per heavy atom. The van der Waals surface area contributed by atoms with E-state index >= 15 is 0 Å². The number of hydrogen-bond donors (Lipinski definition) is 0. The Kier molecular flexibility index (Phi) is 4.94. The fourth-order valence-electron chi connectivity index (χ4n) is 2.96. The molecule has 2 heterocycles. The van der Waals surface area contributed by atoms with Crippen molar-refractivity contribution in [3.8, 4) is 0 Å². The van der Waals surface area contributed by atoms with Gasteiger partial charge in [-0.25, -0.2) is 4.68 Å². The molecule has 3 aromatic rings. The highest BCUT2D eigenvalue weighted by Crippen LogP contribution is 2.43. The van der Waals surface area contributed by atoms with Gasteiger partial charge in [-0.2, -0.15) is 0 Å². The summed E-state index contributed by atoms with van der Waals surface area (Å²) in [4.78, 5) is 16.2. The number of fused-ring (bicyclic) bond motifs is 1. The van der Waals surface area contributed by atoms with E-state index in [2.05, 4.69) is 33.7 Å². The van der Waals surface area contributed by atoms with Gasteiger partial charge in [-0.1, -0.05) is 54.2 Å². The maximum atomic E-state index is 13.2. The lowest BCUT2D eigenvalue weighted by Crippen LogP contribution is -2.39. The van der Waals surface area contributed by atoms with E-state index in [4.69, 9.17) is 0 Å². The highest BCUT2D eigenvalue weighted by Gasteiger charge is 2.32. The number of thioether (sulfide) groups is 2. The fourth-order valence-corrected chi connectivity index (χ4v) is 4.83. The van der Waals surface area contributed by atoms with Gasteiger partial charge in [0.05, 0.1) is 17.5 Å². The predicted molar refractivity (Wildman–Crippen MR) is 103 cm³/mol. The molecule has 1 unspecified atom stereocenters. The van der Waals surface area contributed by atoms with Gasteiger partial charge in [0, 0.05) is 17.7 Å². The maximum absolute atomic E-state index is 13.2. The van der Waals surface area contributed by atoms with Crippen LogP contribution in [0.3, 0.4) is 0 Å². The number of amides is 1. The van der Waals surface area contributed by atoms with Crippen molar-refractivity contribution in [3.63, 3.8) is 0 Å². The van der Waals surface area contributed by atoms with Crippen molar-refractivity contribution in [2.45, 2.75) is 16.1 Å². The molecule has 0 fully saturated rings. The molecule has 0 spiro atoms.